The second-order valence-corrected chi connectivity index (χ2v) is 5.16. The molecule has 1 aromatic carbocycles. The first-order valence-corrected chi connectivity index (χ1v) is 6.85. The van der Waals surface area contributed by atoms with E-state index in [4.69, 9.17) is 9.47 Å². The summed E-state index contributed by atoms with van der Waals surface area (Å²) in [6.07, 6.45) is 1.99. The van der Waals surface area contributed by atoms with Crippen LogP contribution in [0.2, 0.25) is 0 Å². The molecule has 1 aromatic rings. The third kappa shape index (κ3) is 3.42. The second kappa shape index (κ2) is 6.61. The first-order valence-electron chi connectivity index (χ1n) is 6.85. The Bertz CT molecular complexity index is 476. The van der Waals surface area contributed by atoms with Crippen LogP contribution in [-0.4, -0.2) is 45.2 Å². The summed E-state index contributed by atoms with van der Waals surface area (Å²) in [6, 6.07) is 5.38. The fourth-order valence-electron chi connectivity index (χ4n) is 2.53. The van der Waals surface area contributed by atoms with E-state index in [1.807, 2.05) is 13.1 Å². The van der Waals surface area contributed by atoms with Crippen molar-refractivity contribution in [2.75, 3.05) is 39.7 Å². The van der Waals surface area contributed by atoms with Crippen LogP contribution in [0.25, 0.3) is 0 Å². The minimum Gasteiger partial charge on any atom is -0.497 e. The fourth-order valence-corrected chi connectivity index (χ4v) is 2.53. The lowest BCUT2D eigenvalue weighted by Crippen LogP contribution is -2.38. The molecule has 0 unspecified atom stereocenters. The second-order valence-electron chi connectivity index (χ2n) is 5.16. The van der Waals surface area contributed by atoms with E-state index in [0.29, 0.717) is 17.2 Å². The third-order valence-electron chi connectivity index (χ3n) is 3.66. The standard InChI is InChI=1S/C15H22N2O3/c1-17-8-4-5-11(10-17)15(18)16-13-9-12(19-2)6-7-14(13)20-3/h6-7,9,11H,4-5,8,10H2,1-3H3,(H,16,18)/t11-/m0/s1. The maximum atomic E-state index is 12.3. The number of hydrogen-bond donors (Lipinski definition) is 1. The average Bonchev–Trinajstić information content (AvgIpc) is 2.47. The van der Waals surface area contributed by atoms with Gasteiger partial charge in [0.15, 0.2) is 0 Å². The summed E-state index contributed by atoms with van der Waals surface area (Å²) < 4.78 is 10.5. The van der Waals surface area contributed by atoms with Crippen molar-refractivity contribution in [3.05, 3.63) is 18.2 Å². The number of methoxy groups -OCH3 is 2. The molecular formula is C15H22N2O3. The molecular weight excluding hydrogens is 256 g/mol. The van der Waals surface area contributed by atoms with Crippen molar-refractivity contribution in [3.63, 3.8) is 0 Å². The molecule has 1 saturated heterocycles. The SMILES string of the molecule is COc1ccc(OC)c(NC(=O)[C@H]2CCCN(C)C2)c1. The van der Waals surface area contributed by atoms with Crippen molar-refractivity contribution in [1.82, 2.24) is 4.90 Å². The number of piperidine rings is 1. The molecule has 5 nitrogen and oxygen atoms in total. The molecule has 0 bridgehead atoms. The Morgan fingerprint density at radius 1 is 1.35 bits per heavy atom. The van der Waals surface area contributed by atoms with Gasteiger partial charge in [-0.05, 0) is 38.6 Å². The van der Waals surface area contributed by atoms with Gasteiger partial charge in [0, 0.05) is 12.6 Å². The Kier molecular flexibility index (Phi) is 4.84. The van der Waals surface area contributed by atoms with Gasteiger partial charge in [-0.2, -0.15) is 0 Å². The molecule has 0 aromatic heterocycles. The molecule has 1 heterocycles. The van der Waals surface area contributed by atoms with Gasteiger partial charge in [-0.25, -0.2) is 0 Å². The van der Waals surface area contributed by atoms with Gasteiger partial charge in [0.2, 0.25) is 5.91 Å². The smallest absolute Gasteiger partial charge is 0.228 e. The van der Waals surface area contributed by atoms with Crippen molar-refractivity contribution in [2.45, 2.75) is 12.8 Å². The van der Waals surface area contributed by atoms with Crippen LogP contribution >= 0.6 is 0 Å². The number of hydrogen-bond acceptors (Lipinski definition) is 4. The Labute approximate surface area is 119 Å². The van der Waals surface area contributed by atoms with Crippen LogP contribution in [0.4, 0.5) is 5.69 Å². The van der Waals surface area contributed by atoms with Gasteiger partial charge in [0.25, 0.3) is 0 Å². The lowest BCUT2D eigenvalue weighted by atomic mass is 9.97. The molecule has 0 radical (unpaired) electrons. The molecule has 20 heavy (non-hydrogen) atoms. The Morgan fingerprint density at radius 2 is 2.15 bits per heavy atom. The van der Waals surface area contributed by atoms with Gasteiger partial charge in [-0.15, -0.1) is 0 Å². The van der Waals surface area contributed by atoms with E-state index in [1.165, 1.54) is 0 Å². The summed E-state index contributed by atoms with van der Waals surface area (Å²) in [6.45, 7) is 1.87. The molecule has 1 fully saturated rings. The number of benzene rings is 1. The van der Waals surface area contributed by atoms with E-state index < -0.39 is 0 Å². The lowest BCUT2D eigenvalue weighted by Gasteiger charge is -2.28. The number of carbonyl (C=O) groups is 1. The van der Waals surface area contributed by atoms with Crippen molar-refractivity contribution < 1.29 is 14.3 Å². The summed E-state index contributed by atoms with van der Waals surface area (Å²) >= 11 is 0. The third-order valence-corrected chi connectivity index (χ3v) is 3.66. The van der Waals surface area contributed by atoms with Crippen LogP contribution in [0.15, 0.2) is 18.2 Å². The molecule has 1 amide bonds. The molecule has 1 atom stereocenters. The number of likely N-dealkylation sites (tertiary alicyclic amines) is 1. The van der Waals surface area contributed by atoms with Crippen LogP contribution in [0.5, 0.6) is 11.5 Å². The van der Waals surface area contributed by atoms with Crippen molar-refractivity contribution in [3.8, 4) is 11.5 Å². The van der Waals surface area contributed by atoms with Gasteiger partial charge in [-0.3, -0.25) is 4.79 Å². The molecule has 0 spiro atoms. The van der Waals surface area contributed by atoms with Gasteiger partial charge in [0.1, 0.15) is 11.5 Å². The summed E-state index contributed by atoms with van der Waals surface area (Å²) in [4.78, 5) is 14.5. The first kappa shape index (κ1) is 14.7. The van der Waals surface area contributed by atoms with E-state index in [-0.39, 0.29) is 11.8 Å². The maximum absolute atomic E-state index is 12.3. The van der Waals surface area contributed by atoms with Gasteiger partial charge >= 0.3 is 0 Å². The highest BCUT2D eigenvalue weighted by Gasteiger charge is 2.24. The van der Waals surface area contributed by atoms with Crippen molar-refractivity contribution >= 4 is 11.6 Å². The summed E-state index contributed by atoms with van der Waals surface area (Å²) in [5.41, 5.74) is 0.657. The minimum atomic E-state index is 0.0321. The quantitative estimate of drug-likeness (QED) is 0.915. The zero-order chi connectivity index (χ0) is 14.5. The summed E-state index contributed by atoms with van der Waals surface area (Å²) in [5.74, 6) is 1.41. The topological polar surface area (TPSA) is 50.8 Å². The normalized spacial score (nSPS) is 19.4. The Hall–Kier alpha value is -1.75. The van der Waals surface area contributed by atoms with Crippen LogP contribution in [0.3, 0.4) is 0 Å². The number of amides is 1. The van der Waals surface area contributed by atoms with Crippen molar-refractivity contribution in [1.29, 1.82) is 0 Å². The highest BCUT2D eigenvalue weighted by atomic mass is 16.5. The monoisotopic (exact) mass is 278 g/mol. The number of ether oxygens (including phenoxy) is 2. The average molecular weight is 278 g/mol. The Balaban J connectivity index is 2.10. The van der Waals surface area contributed by atoms with Crippen LogP contribution in [-0.2, 0) is 4.79 Å². The molecule has 2 rings (SSSR count). The number of carbonyl (C=O) groups excluding carboxylic acids is 1. The van der Waals surface area contributed by atoms with Crippen LogP contribution in [0.1, 0.15) is 12.8 Å². The van der Waals surface area contributed by atoms with Gasteiger partial charge in [0.05, 0.1) is 25.8 Å². The van der Waals surface area contributed by atoms with Crippen LogP contribution in [0, 0.1) is 5.92 Å². The van der Waals surface area contributed by atoms with Crippen LogP contribution < -0.4 is 14.8 Å². The number of rotatable bonds is 4. The predicted molar refractivity (Wildman–Crippen MR) is 78.4 cm³/mol. The first-order chi connectivity index (χ1) is 9.63. The van der Waals surface area contributed by atoms with Crippen molar-refractivity contribution in [2.24, 2.45) is 5.92 Å². The molecule has 110 valence electrons. The van der Waals surface area contributed by atoms with Gasteiger partial charge < -0.3 is 19.7 Å². The van der Waals surface area contributed by atoms with E-state index >= 15 is 0 Å². The molecule has 1 N–H and O–H groups in total. The highest BCUT2D eigenvalue weighted by Crippen LogP contribution is 2.29. The van der Waals surface area contributed by atoms with Gasteiger partial charge in [-0.1, -0.05) is 0 Å². The molecule has 1 aliphatic rings. The number of nitrogens with one attached hydrogen (secondary N) is 1. The number of nitrogens with zero attached hydrogens (tertiary/aromatic N) is 1. The molecule has 0 aliphatic carbocycles. The zero-order valence-electron chi connectivity index (χ0n) is 12.3. The molecule has 1 aliphatic heterocycles. The number of anilines is 1. The van der Waals surface area contributed by atoms with E-state index in [2.05, 4.69) is 10.2 Å². The largest absolute Gasteiger partial charge is 0.497 e. The highest BCUT2D eigenvalue weighted by molar-refractivity contribution is 5.94. The molecule has 5 heteroatoms. The van der Waals surface area contributed by atoms with E-state index in [0.717, 1.165) is 25.9 Å². The van der Waals surface area contributed by atoms with E-state index in [9.17, 15) is 4.79 Å². The molecule has 0 saturated carbocycles. The predicted octanol–water partition coefficient (Wildman–Crippen LogP) is 1.98. The Morgan fingerprint density at radius 3 is 2.80 bits per heavy atom. The minimum absolute atomic E-state index is 0.0321. The zero-order valence-corrected chi connectivity index (χ0v) is 12.3. The lowest BCUT2D eigenvalue weighted by molar-refractivity contribution is -0.121. The van der Waals surface area contributed by atoms with E-state index in [1.54, 1.807) is 26.4 Å². The summed E-state index contributed by atoms with van der Waals surface area (Å²) in [5, 5.41) is 2.96. The summed E-state index contributed by atoms with van der Waals surface area (Å²) in [7, 11) is 5.24. The maximum Gasteiger partial charge on any atom is 0.228 e. The fraction of sp³-hybridized carbons (Fsp3) is 0.533.